The lowest BCUT2D eigenvalue weighted by molar-refractivity contribution is 0.0950. The van der Waals surface area contributed by atoms with Gasteiger partial charge in [0.1, 0.15) is 17.2 Å². The zero-order valence-corrected chi connectivity index (χ0v) is 15.7. The van der Waals surface area contributed by atoms with Crippen molar-refractivity contribution in [2.45, 2.75) is 34.2 Å². The summed E-state index contributed by atoms with van der Waals surface area (Å²) in [5.41, 5.74) is 13.8. The standard InChI is InChI=1S/C20H22N4O2/c1-9-6-7-14(26-5)11(3)17(9)24-18(21)16-15-13(8-22-20(16)25)10(2)12(4)23-19(15)24/h6-7H,8,21H2,1-5H3,(H,22,25). The van der Waals surface area contributed by atoms with Crippen molar-refractivity contribution in [3.8, 4) is 11.4 Å². The number of carbonyl (C=O) groups excluding carboxylic acids is 1. The van der Waals surface area contributed by atoms with Crippen LogP contribution in [-0.4, -0.2) is 22.6 Å². The van der Waals surface area contributed by atoms with Crippen molar-refractivity contribution in [2.24, 2.45) is 0 Å². The molecule has 26 heavy (non-hydrogen) atoms. The van der Waals surface area contributed by atoms with Gasteiger partial charge in [-0.15, -0.1) is 0 Å². The molecule has 0 saturated carbocycles. The predicted molar refractivity (Wildman–Crippen MR) is 102 cm³/mol. The van der Waals surface area contributed by atoms with Crippen LogP contribution in [0.1, 0.15) is 38.3 Å². The van der Waals surface area contributed by atoms with Crippen molar-refractivity contribution in [1.29, 1.82) is 0 Å². The Morgan fingerprint density at radius 1 is 1.19 bits per heavy atom. The smallest absolute Gasteiger partial charge is 0.256 e. The van der Waals surface area contributed by atoms with Gasteiger partial charge in [0, 0.05) is 23.2 Å². The summed E-state index contributed by atoms with van der Waals surface area (Å²) in [5, 5.41) is 3.80. The van der Waals surface area contributed by atoms with Gasteiger partial charge in [0.2, 0.25) is 0 Å². The first-order valence-electron chi connectivity index (χ1n) is 8.59. The molecule has 0 bridgehead atoms. The third-order valence-electron chi connectivity index (χ3n) is 5.43. The highest BCUT2D eigenvalue weighted by Gasteiger charge is 2.30. The zero-order chi connectivity index (χ0) is 18.7. The van der Waals surface area contributed by atoms with Gasteiger partial charge >= 0.3 is 0 Å². The summed E-state index contributed by atoms with van der Waals surface area (Å²) in [6, 6.07) is 3.93. The van der Waals surface area contributed by atoms with Gasteiger partial charge in [-0.25, -0.2) is 4.98 Å². The number of methoxy groups -OCH3 is 1. The minimum absolute atomic E-state index is 0.151. The molecule has 0 spiro atoms. The van der Waals surface area contributed by atoms with Crippen molar-refractivity contribution in [3.63, 3.8) is 0 Å². The molecule has 0 saturated heterocycles. The second-order valence-electron chi connectivity index (χ2n) is 6.84. The molecule has 4 rings (SSSR count). The number of hydrogen-bond acceptors (Lipinski definition) is 4. The van der Waals surface area contributed by atoms with Crippen LogP contribution in [0.25, 0.3) is 16.7 Å². The molecule has 0 unspecified atom stereocenters. The van der Waals surface area contributed by atoms with Crippen molar-refractivity contribution >= 4 is 22.8 Å². The largest absolute Gasteiger partial charge is 0.496 e. The van der Waals surface area contributed by atoms with E-state index in [2.05, 4.69) is 5.32 Å². The number of nitrogens with zero attached hydrogens (tertiary/aromatic N) is 2. The Bertz CT molecular complexity index is 1100. The van der Waals surface area contributed by atoms with Crippen LogP contribution in [0.2, 0.25) is 0 Å². The van der Waals surface area contributed by atoms with Crippen molar-refractivity contribution < 1.29 is 9.53 Å². The molecule has 1 aromatic carbocycles. The topological polar surface area (TPSA) is 82.2 Å². The third-order valence-corrected chi connectivity index (χ3v) is 5.43. The Labute approximate surface area is 152 Å². The first-order chi connectivity index (χ1) is 12.4. The van der Waals surface area contributed by atoms with Crippen LogP contribution in [0.4, 0.5) is 5.82 Å². The van der Waals surface area contributed by atoms with Gasteiger partial charge in [0.25, 0.3) is 5.91 Å². The summed E-state index contributed by atoms with van der Waals surface area (Å²) in [4.78, 5) is 17.4. The van der Waals surface area contributed by atoms with Gasteiger partial charge in [-0.2, -0.15) is 0 Å². The SMILES string of the molecule is COc1ccc(C)c(-n2c(N)c3c4c(c(C)c(C)nc42)CNC3=O)c1C. The number of ether oxygens (including phenoxy) is 1. The number of nitrogen functional groups attached to an aromatic ring is 1. The number of pyridine rings is 1. The van der Waals surface area contributed by atoms with Crippen LogP contribution in [-0.2, 0) is 6.54 Å². The summed E-state index contributed by atoms with van der Waals surface area (Å²) in [5.74, 6) is 1.04. The lowest BCUT2D eigenvalue weighted by Crippen LogP contribution is -2.28. The average molecular weight is 350 g/mol. The fourth-order valence-electron chi connectivity index (χ4n) is 3.93. The van der Waals surface area contributed by atoms with Crippen molar-refractivity contribution in [3.05, 3.63) is 45.6 Å². The van der Waals surface area contributed by atoms with E-state index in [1.165, 1.54) is 0 Å². The highest BCUT2D eigenvalue weighted by atomic mass is 16.5. The lowest BCUT2D eigenvalue weighted by Gasteiger charge is -2.17. The molecule has 0 aliphatic carbocycles. The number of aromatic nitrogens is 2. The summed E-state index contributed by atoms with van der Waals surface area (Å²) in [6.45, 7) is 8.54. The number of rotatable bonds is 2. The normalized spacial score (nSPS) is 13.2. The van der Waals surface area contributed by atoms with E-state index in [1.807, 2.05) is 44.4 Å². The van der Waals surface area contributed by atoms with E-state index in [1.54, 1.807) is 7.11 Å². The number of nitrogens with two attached hydrogens (primary N) is 1. The third kappa shape index (κ3) is 1.98. The molecule has 2 aromatic heterocycles. The molecule has 6 nitrogen and oxygen atoms in total. The lowest BCUT2D eigenvalue weighted by atomic mass is 9.98. The number of aryl methyl sites for hydroxylation is 2. The Morgan fingerprint density at radius 2 is 1.92 bits per heavy atom. The van der Waals surface area contributed by atoms with E-state index in [9.17, 15) is 4.79 Å². The second kappa shape index (κ2) is 5.49. The monoisotopic (exact) mass is 350 g/mol. The quantitative estimate of drug-likeness (QED) is 0.744. The number of nitrogens with one attached hydrogen (secondary N) is 1. The molecule has 3 N–H and O–H groups in total. The van der Waals surface area contributed by atoms with Gasteiger partial charge < -0.3 is 15.8 Å². The Kier molecular flexibility index (Phi) is 3.47. The molecule has 1 aliphatic rings. The number of hydrogen-bond donors (Lipinski definition) is 2. The van der Waals surface area contributed by atoms with E-state index < -0.39 is 0 Å². The fraction of sp³-hybridized carbons (Fsp3) is 0.300. The molecule has 0 atom stereocenters. The van der Waals surface area contributed by atoms with Crippen LogP contribution in [0, 0.1) is 27.7 Å². The minimum Gasteiger partial charge on any atom is -0.496 e. The summed E-state index contributed by atoms with van der Waals surface area (Å²) >= 11 is 0. The average Bonchev–Trinajstić information content (AvgIpc) is 2.88. The fourth-order valence-corrected chi connectivity index (χ4v) is 3.93. The highest BCUT2D eigenvalue weighted by Crippen LogP contribution is 2.39. The van der Waals surface area contributed by atoms with E-state index in [4.69, 9.17) is 15.5 Å². The Hall–Kier alpha value is -3.02. The van der Waals surface area contributed by atoms with Crippen LogP contribution < -0.4 is 15.8 Å². The van der Waals surface area contributed by atoms with Gasteiger partial charge in [-0.1, -0.05) is 6.07 Å². The molecular weight excluding hydrogens is 328 g/mol. The molecule has 3 heterocycles. The maximum absolute atomic E-state index is 12.6. The first kappa shape index (κ1) is 16.4. The predicted octanol–water partition coefficient (Wildman–Crippen LogP) is 3.09. The second-order valence-corrected chi connectivity index (χ2v) is 6.84. The minimum atomic E-state index is -0.151. The van der Waals surface area contributed by atoms with Crippen molar-refractivity contribution in [1.82, 2.24) is 14.9 Å². The van der Waals surface area contributed by atoms with Gasteiger partial charge in [-0.05, 0) is 50.5 Å². The van der Waals surface area contributed by atoms with Gasteiger partial charge in [0.15, 0.2) is 0 Å². The van der Waals surface area contributed by atoms with E-state index >= 15 is 0 Å². The van der Waals surface area contributed by atoms with Crippen LogP contribution in [0.3, 0.4) is 0 Å². The maximum Gasteiger partial charge on any atom is 0.256 e. The molecule has 6 heteroatoms. The van der Waals surface area contributed by atoms with Crippen LogP contribution in [0.15, 0.2) is 12.1 Å². The zero-order valence-electron chi connectivity index (χ0n) is 15.7. The summed E-state index contributed by atoms with van der Waals surface area (Å²) in [7, 11) is 1.65. The van der Waals surface area contributed by atoms with Crippen LogP contribution >= 0.6 is 0 Å². The van der Waals surface area contributed by atoms with E-state index in [0.29, 0.717) is 17.9 Å². The van der Waals surface area contributed by atoms with Crippen molar-refractivity contribution in [2.75, 3.05) is 12.8 Å². The number of amides is 1. The van der Waals surface area contributed by atoms with Crippen LogP contribution in [0.5, 0.6) is 5.75 Å². The van der Waals surface area contributed by atoms with E-state index in [0.717, 1.165) is 50.4 Å². The molecule has 134 valence electrons. The first-order valence-corrected chi connectivity index (χ1v) is 8.59. The molecule has 1 amide bonds. The number of benzene rings is 1. The molecule has 0 radical (unpaired) electrons. The number of carbonyl (C=O) groups is 1. The maximum atomic E-state index is 12.6. The summed E-state index contributed by atoms with van der Waals surface area (Å²) < 4.78 is 7.39. The van der Waals surface area contributed by atoms with Gasteiger partial charge in [-0.3, -0.25) is 9.36 Å². The number of anilines is 1. The highest BCUT2D eigenvalue weighted by molar-refractivity contribution is 6.14. The Morgan fingerprint density at radius 3 is 2.62 bits per heavy atom. The molecule has 3 aromatic rings. The van der Waals surface area contributed by atoms with E-state index in [-0.39, 0.29) is 5.91 Å². The molecule has 1 aliphatic heterocycles. The summed E-state index contributed by atoms with van der Waals surface area (Å²) in [6.07, 6.45) is 0. The molecular formula is C20H22N4O2. The molecule has 0 fully saturated rings. The van der Waals surface area contributed by atoms with Gasteiger partial charge in [0.05, 0.1) is 18.4 Å². The Balaban J connectivity index is 2.21.